The van der Waals surface area contributed by atoms with Crippen molar-refractivity contribution in [2.24, 2.45) is 0 Å². The topological polar surface area (TPSA) is 94.1 Å². The van der Waals surface area contributed by atoms with Crippen molar-refractivity contribution in [3.8, 4) is 11.5 Å². The summed E-state index contributed by atoms with van der Waals surface area (Å²) in [6.45, 7) is 5.64. The van der Waals surface area contributed by atoms with E-state index in [4.69, 9.17) is 14.2 Å². The van der Waals surface area contributed by atoms with Crippen molar-refractivity contribution in [1.29, 1.82) is 0 Å². The van der Waals surface area contributed by atoms with Gasteiger partial charge in [0.1, 0.15) is 11.6 Å². The number of carbonyl (C=O) groups excluding carboxylic acids is 1. The molecule has 1 aromatic rings. The van der Waals surface area contributed by atoms with Gasteiger partial charge in [-0.05, 0) is 45.1 Å². The molecule has 8 heteroatoms. The Morgan fingerprint density at radius 1 is 1.19 bits per heavy atom. The lowest BCUT2D eigenvalue weighted by Gasteiger charge is -2.22. The summed E-state index contributed by atoms with van der Waals surface area (Å²) in [7, 11) is 1.58. The molecule has 7 nitrogen and oxygen atoms in total. The van der Waals surface area contributed by atoms with Crippen LogP contribution in [0.4, 0.5) is 4.79 Å². The summed E-state index contributed by atoms with van der Waals surface area (Å²) in [5, 5.41) is 11.6. The second-order valence-corrected chi connectivity index (χ2v) is 7.66. The van der Waals surface area contributed by atoms with Crippen LogP contribution in [0.3, 0.4) is 0 Å². The molecule has 146 valence electrons. The Morgan fingerprint density at radius 3 is 2.42 bits per heavy atom. The van der Waals surface area contributed by atoms with E-state index in [2.05, 4.69) is 5.32 Å². The maximum atomic E-state index is 11.7. The Morgan fingerprint density at radius 2 is 1.85 bits per heavy atom. The second kappa shape index (κ2) is 10.8. The number of aliphatic carboxylic acids is 1. The summed E-state index contributed by atoms with van der Waals surface area (Å²) < 4.78 is 15.9. The van der Waals surface area contributed by atoms with E-state index >= 15 is 0 Å². The molecule has 0 aliphatic carbocycles. The summed E-state index contributed by atoms with van der Waals surface area (Å²) in [6, 6.07) is 6.40. The minimum atomic E-state index is -1.08. The van der Waals surface area contributed by atoms with Crippen LogP contribution in [0.5, 0.6) is 11.5 Å². The van der Waals surface area contributed by atoms with Crippen molar-refractivity contribution in [2.75, 3.05) is 25.2 Å². The minimum Gasteiger partial charge on any atom is -0.493 e. The van der Waals surface area contributed by atoms with Gasteiger partial charge in [0.25, 0.3) is 0 Å². The second-order valence-electron chi connectivity index (χ2n) is 6.44. The van der Waals surface area contributed by atoms with Crippen LogP contribution in [0.1, 0.15) is 27.2 Å². The van der Waals surface area contributed by atoms with Gasteiger partial charge in [-0.3, -0.25) is 0 Å². The van der Waals surface area contributed by atoms with E-state index in [0.29, 0.717) is 36.0 Å². The highest BCUT2D eigenvalue weighted by molar-refractivity contribution is 7.99. The fourth-order valence-corrected chi connectivity index (χ4v) is 2.77. The molecule has 0 heterocycles. The van der Waals surface area contributed by atoms with E-state index in [0.717, 1.165) is 0 Å². The molecule has 0 spiro atoms. The molecule has 0 aromatic heterocycles. The van der Waals surface area contributed by atoms with Crippen molar-refractivity contribution in [3.05, 3.63) is 24.3 Å². The molecule has 0 saturated carbocycles. The maximum Gasteiger partial charge on any atom is 0.408 e. The fourth-order valence-electron chi connectivity index (χ4n) is 1.96. The number of rotatable bonds is 10. The van der Waals surface area contributed by atoms with Crippen molar-refractivity contribution in [3.63, 3.8) is 0 Å². The molecule has 26 heavy (non-hydrogen) atoms. The highest BCUT2D eigenvalue weighted by Gasteiger charge is 2.23. The van der Waals surface area contributed by atoms with E-state index in [-0.39, 0.29) is 0 Å². The Hall–Kier alpha value is -2.09. The van der Waals surface area contributed by atoms with Crippen LogP contribution in [-0.4, -0.2) is 54.0 Å². The number of para-hydroxylation sites is 2. The molecule has 1 rings (SSSR count). The summed E-state index contributed by atoms with van der Waals surface area (Å²) in [5.41, 5.74) is -0.669. The Balaban J connectivity index is 2.29. The third-order valence-corrected chi connectivity index (χ3v) is 4.07. The highest BCUT2D eigenvalue weighted by atomic mass is 32.2. The number of carbonyl (C=O) groups is 2. The van der Waals surface area contributed by atoms with Crippen LogP contribution in [0.25, 0.3) is 0 Å². The number of hydrogen-bond acceptors (Lipinski definition) is 6. The van der Waals surface area contributed by atoms with Gasteiger partial charge in [-0.2, -0.15) is 11.8 Å². The van der Waals surface area contributed by atoms with Crippen LogP contribution in [0, 0.1) is 0 Å². The van der Waals surface area contributed by atoms with E-state index in [1.54, 1.807) is 39.6 Å². The maximum absolute atomic E-state index is 11.7. The van der Waals surface area contributed by atoms with Crippen LogP contribution in [0.15, 0.2) is 24.3 Å². The summed E-state index contributed by atoms with van der Waals surface area (Å²) in [6.07, 6.45) is -0.428. The largest absolute Gasteiger partial charge is 0.493 e. The van der Waals surface area contributed by atoms with Crippen molar-refractivity contribution in [1.82, 2.24) is 5.32 Å². The first-order valence-electron chi connectivity index (χ1n) is 8.29. The van der Waals surface area contributed by atoms with Crippen LogP contribution >= 0.6 is 11.8 Å². The Kier molecular flexibility index (Phi) is 9.12. The smallest absolute Gasteiger partial charge is 0.408 e. The minimum absolute atomic E-state index is 0.300. The number of amides is 1. The van der Waals surface area contributed by atoms with E-state index in [1.165, 1.54) is 0 Å². The molecule has 1 atom stereocenters. The van der Waals surface area contributed by atoms with Crippen molar-refractivity contribution < 1.29 is 28.9 Å². The fraction of sp³-hybridized carbons (Fsp3) is 0.556. The Bertz CT molecular complexity index is 587. The lowest BCUT2D eigenvalue weighted by atomic mass is 10.2. The zero-order chi connectivity index (χ0) is 19.6. The first-order chi connectivity index (χ1) is 12.2. The zero-order valence-corrected chi connectivity index (χ0v) is 16.4. The van der Waals surface area contributed by atoms with Gasteiger partial charge in [0.05, 0.1) is 13.7 Å². The average molecular weight is 385 g/mol. The average Bonchev–Trinajstić information content (AvgIpc) is 2.55. The SMILES string of the molecule is COc1ccccc1OCCSCCC(NC(=O)OC(C)(C)C)C(=O)O. The van der Waals surface area contributed by atoms with Crippen LogP contribution < -0.4 is 14.8 Å². The molecule has 0 fully saturated rings. The first kappa shape index (κ1) is 22.0. The molecule has 1 aromatic carbocycles. The number of methoxy groups -OCH3 is 1. The molecule has 0 aliphatic rings. The number of carboxylic acid groups (broad SMARTS) is 1. The van der Waals surface area contributed by atoms with Gasteiger partial charge in [0.15, 0.2) is 11.5 Å². The normalized spacial score (nSPS) is 12.2. The predicted molar refractivity (Wildman–Crippen MR) is 101 cm³/mol. The highest BCUT2D eigenvalue weighted by Crippen LogP contribution is 2.25. The standard InChI is InChI=1S/C18H27NO6S/c1-18(2,3)25-17(22)19-13(16(20)21)9-11-26-12-10-24-15-8-6-5-7-14(15)23-4/h5-8,13H,9-12H2,1-4H3,(H,19,22)(H,20,21). The lowest BCUT2D eigenvalue weighted by Crippen LogP contribution is -2.43. The van der Waals surface area contributed by atoms with Gasteiger partial charge < -0.3 is 24.6 Å². The summed E-state index contributed by atoms with van der Waals surface area (Å²) >= 11 is 1.55. The summed E-state index contributed by atoms with van der Waals surface area (Å²) in [4.78, 5) is 22.9. The molecule has 0 bridgehead atoms. The molecular formula is C18H27NO6S. The van der Waals surface area contributed by atoms with Crippen LogP contribution in [-0.2, 0) is 9.53 Å². The number of carboxylic acids is 1. The lowest BCUT2D eigenvalue weighted by molar-refractivity contribution is -0.139. The van der Waals surface area contributed by atoms with Gasteiger partial charge in [0, 0.05) is 5.75 Å². The van der Waals surface area contributed by atoms with Gasteiger partial charge >= 0.3 is 12.1 Å². The predicted octanol–water partition coefficient (Wildman–Crippen LogP) is 3.18. The molecular weight excluding hydrogens is 358 g/mol. The third-order valence-electron chi connectivity index (χ3n) is 3.09. The summed E-state index contributed by atoms with van der Waals surface area (Å²) in [5.74, 6) is 1.52. The first-order valence-corrected chi connectivity index (χ1v) is 9.44. The van der Waals surface area contributed by atoms with Gasteiger partial charge in [-0.25, -0.2) is 9.59 Å². The Labute approximate surface area is 158 Å². The van der Waals surface area contributed by atoms with E-state index < -0.39 is 23.7 Å². The molecule has 1 amide bonds. The quantitative estimate of drug-likeness (QED) is 0.597. The number of thioether (sulfide) groups is 1. The van der Waals surface area contributed by atoms with Crippen molar-refractivity contribution >= 4 is 23.8 Å². The molecule has 1 unspecified atom stereocenters. The molecule has 0 radical (unpaired) electrons. The van der Waals surface area contributed by atoms with E-state index in [9.17, 15) is 14.7 Å². The van der Waals surface area contributed by atoms with Crippen LogP contribution in [0.2, 0.25) is 0 Å². The number of alkyl carbamates (subject to hydrolysis) is 1. The third kappa shape index (κ3) is 8.84. The zero-order valence-electron chi connectivity index (χ0n) is 15.6. The molecule has 2 N–H and O–H groups in total. The van der Waals surface area contributed by atoms with Gasteiger partial charge in [0.2, 0.25) is 0 Å². The number of nitrogens with one attached hydrogen (secondary N) is 1. The van der Waals surface area contributed by atoms with Crippen molar-refractivity contribution in [2.45, 2.75) is 38.8 Å². The van der Waals surface area contributed by atoms with E-state index in [1.807, 2.05) is 24.3 Å². The van der Waals surface area contributed by atoms with Gasteiger partial charge in [-0.15, -0.1) is 0 Å². The molecule has 0 aliphatic heterocycles. The monoisotopic (exact) mass is 385 g/mol. The van der Waals surface area contributed by atoms with Gasteiger partial charge in [-0.1, -0.05) is 12.1 Å². The molecule has 0 saturated heterocycles. The number of hydrogen-bond donors (Lipinski definition) is 2. The number of ether oxygens (including phenoxy) is 3. The number of benzene rings is 1.